The van der Waals surface area contributed by atoms with Gasteiger partial charge in [-0.25, -0.2) is 0 Å². The zero-order valence-electron chi connectivity index (χ0n) is 1.84. The molecule has 0 bridgehead atoms. The molecule has 0 saturated heterocycles. The van der Waals surface area contributed by atoms with E-state index >= 15 is 0 Å². The van der Waals surface area contributed by atoms with Gasteiger partial charge in [-0.3, -0.25) is 0 Å². The van der Waals surface area contributed by atoms with Crippen LogP contribution in [0.1, 0.15) is 0 Å². The second-order valence-electron chi connectivity index (χ2n) is 0. The van der Waals surface area contributed by atoms with Gasteiger partial charge >= 0.3 is 28.5 Å². The minimum absolute atomic E-state index is 0. The van der Waals surface area contributed by atoms with Crippen LogP contribution in [0.15, 0.2) is 0 Å². The second kappa shape index (κ2) is 20.8. The molecule has 0 aliphatic heterocycles. The van der Waals surface area contributed by atoms with E-state index in [1.807, 2.05) is 0 Å². The molecule has 0 aliphatic carbocycles. The SMILES string of the molecule is [Fe].[Ga].[O]=[Pb]. The van der Waals surface area contributed by atoms with Crippen molar-refractivity contribution in [1.82, 2.24) is 0 Å². The molecular weight excluding hydrogens is 349 g/mol. The van der Waals surface area contributed by atoms with Gasteiger partial charge in [0.15, 0.2) is 0 Å². The van der Waals surface area contributed by atoms with E-state index in [-0.39, 0.29) is 62.6 Å². The average Bonchev–Trinajstić information content (AvgIpc) is 1.00. The fraction of sp³-hybridized carbons (Fsp3) is 0. The first-order valence-corrected chi connectivity index (χ1v) is 1.79. The van der Waals surface area contributed by atoms with Crippen molar-refractivity contribution >= 4 is 45.6 Å². The Morgan fingerprint density at radius 2 is 1.25 bits per heavy atom. The molecule has 0 aromatic rings. The summed E-state index contributed by atoms with van der Waals surface area (Å²) in [5.41, 5.74) is 0. The maximum absolute atomic E-state index is 8.39. The Kier molecular flexibility index (Phi) is 87.8. The van der Waals surface area contributed by atoms with Crippen molar-refractivity contribution in [2.24, 2.45) is 0 Å². The van der Waals surface area contributed by atoms with Crippen LogP contribution in [-0.2, 0) is 19.8 Å². The van der Waals surface area contributed by atoms with Gasteiger partial charge in [-0.05, 0) is 0 Å². The summed E-state index contributed by atoms with van der Waals surface area (Å²) in [5.74, 6) is 0. The van der Waals surface area contributed by atoms with Gasteiger partial charge in [0.05, 0.1) is 0 Å². The fourth-order valence-electron chi connectivity index (χ4n) is 0. The molecule has 0 heterocycles. The Bertz CT molecular complexity index is 8.00. The normalized spacial score (nSPS) is 1.00. The van der Waals surface area contributed by atoms with Crippen molar-refractivity contribution in [1.29, 1.82) is 0 Å². The summed E-state index contributed by atoms with van der Waals surface area (Å²) in [6.45, 7) is 0. The Morgan fingerprint density at radius 3 is 1.25 bits per heavy atom. The van der Waals surface area contributed by atoms with Crippen molar-refractivity contribution in [2.75, 3.05) is 0 Å². The molecule has 0 unspecified atom stereocenters. The Morgan fingerprint density at radius 1 is 1.25 bits per heavy atom. The van der Waals surface area contributed by atoms with Gasteiger partial charge in [-0.1, -0.05) is 0 Å². The Balaban J connectivity index is -0.00000000500. The van der Waals surface area contributed by atoms with Crippen molar-refractivity contribution in [2.45, 2.75) is 0 Å². The molecule has 0 aliphatic rings. The molecule has 1 nitrogen and oxygen atoms in total. The van der Waals surface area contributed by atoms with Gasteiger partial charge in [0.2, 0.25) is 0 Å². The van der Waals surface area contributed by atoms with Gasteiger partial charge < -0.3 is 0 Å². The summed E-state index contributed by atoms with van der Waals surface area (Å²) in [4.78, 5) is 0. The monoisotopic (exact) mass is 349 g/mol. The third kappa shape index (κ3) is 9.11. The number of hydrogen-bond acceptors (Lipinski definition) is 1. The third-order valence-corrected chi connectivity index (χ3v) is 0. The first kappa shape index (κ1) is 16.9. The van der Waals surface area contributed by atoms with E-state index in [1.165, 1.54) is 0 Å². The van der Waals surface area contributed by atoms with Crippen LogP contribution in [0.3, 0.4) is 0 Å². The third-order valence-electron chi connectivity index (χ3n) is 0. The van der Waals surface area contributed by atoms with Crippen molar-refractivity contribution in [3.8, 4) is 0 Å². The van der Waals surface area contributed by atoms with Crippen LogP contribution in [0, 0.1) is 0 Å². The molecule has 21 valence electrons. The summed E-state index contributed by atoms with van der Waals surface area (Å²) in [6, 6.07) is 0. The van der Waals surface area contributed by atoms with E-state index in [1.54, 1.807) is 0 Å². The van der Waals surface area contributed by atoms with Crippen LogP contribution in [0.5, 0.6) is 0 Å². The van der Waals surface area contributed by atoms with E-state index < -0.39 is 0 Å². The molecule has 0 N–H and O–H groups in total. The summed E-state index contributed by atoms with van der Waals surface area (Å²) in [6.07, 6.45) is 0. The molecule has 0 amide bonds. The van der Waals surface area contributed by atoms with E-state index in [9.17, 15) is 0 Å². The maximum atomic E-state index is 8.39. The molecule has 0 atom stereocenters. The van der Waals surface area contributed by atoms with Crippen LogP contribution in [0.2, 0.25) is 0 Å². The first-order valence-electron chi connectivity index (χ1n) is 0.204. The van der Waals surface area contributed by atoms with Crippen molar-refractivity contribution < 1.29 is 19.8 Å². The fourth-order valence-corrected chi connectivity index (χ4v) is 0. The van der Waals surface area contributed by atoms with Gasteiger partial charge in [-0.2, -0.15) is 0 Å². The van der Waals surface area contributed by atoms with Crippen LogP contribution < -0.4 is 0 Å². The molecule has 4 heteroatoms. The number of rotatable bonds is 0. The average molecular weight is 349 g/mol. The first-order chi connectivity index (χ1) is 1.00. The van der Waals surface area contributed by atoms with Crippen LogP contribution in [0.25, 0.3) is 0 Å². The van der Waals surface area contributed by atoms with Gasteiger partial charge in [0, 0.05) is 36.9 Å². The molecule has 0 aromatic carbocycles. The summed E-state index contributed by atoms with van der Waals surface area (Å²) >= 11 is 0.0556. The van der Waals surface area contributed by atoms with Crippen LogP contribution in [0.4, 0.5) is 0 Å². The molecule has 5 radical (unpaired) electrons. The predicted molar refractivity (Wildman–Crippen MR) is 12.2 cm³/mol. The van der Waals surface area contributed by atoms with Crippen LogP contribution >= 0.6 is 0 Å². The second-order valence-corrected chi connectivity index (χ2v) is 0. The molecule has 4 heavy (non-hydrogen) atoms. The van der Waals surface area contributed by atoms with Crippen molar-refractivity contribution in [3.05, 3.63) is 0 Å². The van der Waals surface area contributed by atoms with Crippen LogP contribution in [-0.4, -0.2) is 45.6 Å². The number of hydrogen-bond donors (Lipinski definition) is 0. The Labute approximate surface area is 64.6 Å². The Hall–Kier alpha value is 1.88. The van der Waals surface area contributed by atoms with Gasteiger partial charge in [-0.15, -0.1) is 0 Å². The zero-order chi connectivity index (χ0) is 2.00. The van der Waals surface area contributed by atoms with E-state index in [0.29, 0.717) is 0 Å². The van der Waals surface area contributed by atoms with E-state index in [0.717, 1.165) is 0 Å². The molecule has 0 spiro atoms. The molecular formula is FeGaOPb. The summed E-state index contributed by atoms with van der Waals surface area (Å²) in [7, 11) is 0. The molecule has 0 rings (SSSR count). The zero-order valence-corrected chi connectivity index (χ0v) is 9.25. The van der Waals surface area contributed by atoms with E-state index in [2.05, 4.69) is 0 Å². The van der Waals surface area contributed by atoms with E-state index in [4.69, 9.17) is 2.69 Å². The standard InChI is InChI=1S/Fe.Ga.O.Pb. The predicted octanol–water partition coefficient (Wildman–Crippen LogP) is -0.883. The van der Waals surface area contributed by atoms with Gasteiger partial charge in [0.1, 0.15) is 0 Å². The minimum atomic E-state index is 0. The van der Waals surface area contributed by atoms with Gasteiger partial charge in [0.25, 0.3) is 0 Å². The molecule has 0 aromatic heterocycles. The summed E-state index contributed by atoms with van der Waals surface area (Å²) in [5, 5.41) is 0. The molecule has 0 saturated carbocycles. The van der Waals surface area contributed by atoms with Crippen molar-refractivity contribution in [3.63, 3.8) is 0 Å². The quantitative estimate of drug-likeness (QED) is 0.520. The topological polar surface area (TPSA) is 17.1 Å². The summed E-state index contributed by atoms with van der Waals surface area (Å²) < 4.78 is 8.39. The molecule has 0 fully saturated rings.